The third-order valence-corrected chi connectivity index (χ3v) is 4.08. The van der Waals surface area contributed by atoms with E-state index in [9.17, 15) is 9.59 Å². The third kappa shape index (κ3) is 2.57. The maximum absolute atomic E-state index is 12.0. The second-order valence-electron chi connectivity index (χ2n) is 4.37. The molecule has 1 atom stereocenters. The average Bonchev–Trinajstić information content (AvgIpc) is 2.84. The molecule has 1 unspecified atom stereocenters. The van der Waals surface area contributed by atoms with Crippen LogP contribution in [0.4, 0.5) is 5.82 Å². The van der Waals surface area contributed by atoms with Crippen molar-refractivity contribution in [1.82, 2.24) is 14.5 Å². The molecular formula is C13H12N4O2S. The molecule has 6 nitrogen and oxygen atoms in total. The Morgan fingerprint density at radius 1 is 1.35 bits per heavy atom. The lowest BCUT2D eigenvalue weighted by molar-refractivity contribution is -0.116. The van der Waals surface area contributed by atoms with Crippen molar-refractivity contribution in [3.63, 3.8) is 0 Å². The van der Waals surface area contributed by atoms with E-state index >= 15 is 0 Å². The highest BCUT2D eigenvalue weighted by atomic mass is 32.2. The van der Waals surface area contributed by atoms with Gasteiger partial charge in [-0.1, -0.05) is 17.8 Å². The number of hydrogen-bond donors (Lipinski definition) is 1. The summed E-state index contributed by atoms with van der Waals surface area (Å²) in [6.07, 6.45) is 3.35. The summed E-state index contributed by atoms with van der Waals surface area (Å²) in [7, 11) is 0. The summed E-state index contributed by atoms with van der Waals surface area (Å²) in [5.74, 6) is 1.04. The lowest BCUT2D eigenvalue weighted by Gasteiger charge is -2.12. The molecule has 2 aromatic heterocycles. The fourth-order valence-electron chi connectivity index (χ4n) is 2.08. The largest absolute Gasteiger partial charge is 0.311 e. The van der Waals surface area contributed by atoms with E-state index in [-0.39, 0.29) is 23.9 Å². The number of aromatic nitrogens is 3. The standard InChI is InChI=1S/C13H12N4O2S/c18-11(16-10-3-1-2-5-14-10)7-9-8-20-13-15-6-4-12(19)17(9)13/h1-6,9H,7-8H2,(H,14,16,18). The predicted molar refractivity (Wildman–Crippen MR) is 75.7 cm³/mol. The second kappa shape index (κ2) is 5.46. The van der Waals surface area contributed by atoms with E-state index in [1.54, 1.807) is 29.0 Å². The minimum Gasteiger partial charge on any atom is -0.311 e. The average molecular weight is 288 g/mol. The first-order chi connectivity index (χ1) is 9.74. The number of hydrogen-bond acceptors (Lipinski definition) is 5. The van der Waals surface area contributed by atoms with Crippen molar-refractivity contribution in [2.75, 3.05) is 11.1 Å². The molecule has 3 rings (SSSR count). The lowest BCUT2D eigenvalue weighted by Crippen LogP contribution is -2.27. The van der Waals surface area contributed by atoms with Gasteiger partial charge >= 0.3 is 0 Å². The van der Waals surface area contributed by atoms with Crippen LogP contribution in [0.15, 0.2) is 46.6 Å². The number of thioether (sulfide) groups is 1. The first-order valence-corrected chi connectivity index (χ1v) is 7.14. The molecule has 0 fully saturated rings. The summed E-state index contributed by atoms with van der Waals surface area (Å²) in [5, 5.41) is 3.40. The summed E-state index contributed by atoms with van der Waals surface area (Å²) in [6, 6.07) is 6.57. The monoisotopic (exact) mass is 288 g/mol. The second-order valence-corrected chi connectivity index (χ2v) is 5.35. The Bertz CT molecular complexity index is 686. The van der Waals surface area contributed by atoms with Crippen molar-refractivity contribution >= 4 is 23.5 Å². The Morgan fingerprint density at radius 2 is 2.25 bits per heavy atom. The molecule has 20 heavy (non-hydrogen) atoms. The topological polar surface area (TPSA) is 76.9 Å². The van der Waals surface area contributed by atoms with E-state index < -0.39 is 0 Å². The summed E-state index contributed by atoms with van der Waals surface area (Å²) in [5.41, 5.74) is -0.115. The third-order valence-electron chi connectivity index (χ3n) is 2.97. The first-order valence-electron chi connectivity index (χ1n) is 6.15. The van der Waals surface area contributed by atoms with E-state index in [0.717, 1.165) is 0 Å². The smallest absolute Gasteiger partial charge is 0.254 e. The zero-order valence-corrected chi connectivity index (χ0v) is 11.3. The number of fused-ring (bicyclic) bond motifs is 1. The van der Waals surface area contributed by atoms with Gasteiger partial charge in [0.1, 0.15) is 5.82 Å². The van der Waals surface area contributed by atoms with Gasteiger partial charge in [-0.05, 0) is 12.1 Å². The number of anilines is 1. The molecule has 0 saturated carbocycles. The van der Waals surface area contributed by atoms with E-state index in [1.807, 2.05) is 0 Å². The Morgan fingerprint density at radius 3 is 3.05 bits per heavy atom. The molecule has 0 radical (unpaired) electrons. The molecule has 0 saturated heterocycles. The Kier molecular flexibility index (Phi) is 3.51. The zero-order chi connectivity index (χ0) is 13.9. The number of carbonyl (C=O) groups excluding carboxylic acids is 1. The van der Waals surface area contributed by atoms with Crippen LogP contribution in [0, 0.1) is 0 Å². The van der Waals surface area contributed by atoms with Crippen LogP contribution in [-0.4, -0.2) is 26.2 Å². The van der Waals surface area contributed by atoms with Crippen LogP contribution in [-0.2, 0) is 4.79 Å². The minimum atomic E-state index is -0.155. The summed E-state index contributed by atoms with van der Waals surface area (Å²) < 4.78 is 1.59. The van der Waals surface area contributed by atoms with Crippen LogP contribution in [0.25, 0.3) is 0 Å². The summed E-state index contributed by atoms with van der Waals surface area (Å²) in [4.78, 5) is 32.0. The minimum absolute atomic E-state index is 0.115. The Hall–Kier alpha value is -2.15. The number of rotatable bonds is 3. The van der Waals surface area contributed by atoms with Crippen molar-refractivity contribution in [2.24, 2.45) is 0 Å². The van der Waals surface area contributed by atoms with Crippen LogP contribution in [0.5, 0.6) is 0 Å². The lowest BCUT2D eigenvalue weighted by atomic mass is 10.2. The van der Waals surface area contributed by atoms with Gasteiger partial charge in [0.05, 0.1) is 6.04 Å². The Labute approximate surface area is 119 Å². The van der Waals surface area contributed by atoms with Crippen LogP contribution in [0.2, 0.25) is 0 Å². The highest BCUT2D eigenvalue weighted by Gasteiger charge is 2.26. The molecule has 0 bridgehead atoms. The highest BCUT2D eigenvalue weighted by molar-refractivity contribution is 7.99. The normalized spacial score (nSPS) is 16.7. The molecule has 3 heterocycles. The SMILES string of the molecule is O=C(CC1CSc2nccc(=O)n21)Nc1ccccn1. The number of pyridine rings is 1. The van der Waals surface area contributed by atoms with E-state index in [0.29, 0.717) is 16.7 Å². The quantitative estimate of drug-likeness (QED) is 0.862. The number of carbonyl (C=O) groups is 1. The molecule has 1 N–H and O–H groups in total. The molecule has 0 aliphatic carbocycles. The van der Waals surface area contributed by atoms with Crippen molar-refractivity contribution in [1.29, 1.82) is 0 Å². The van der Waals surface area contributed by atoms with Crippen LogP contribution in [0.1, 0.15) is 12.5 Å². The van der Waals surface area contributed by atoms with Gasteiger partial charge in [-0.15, -0.1) is 0 Å². The van der Waals surface area contributed by atoms with E-state index in [1.165, 1.54) is 24.0 Å². The van der Waals surface area contributed by atoms with Crippen LogP contribution in [0.3, 0.4) is 0 Å². The van der Waals surface area contributed by atoms with Gasteiger partial charge in [-0.3, -0.25) is 14.2 Å². The fraction of sp³-hybridized carbons (Fsp3) is 0.231. The fourth-order valence-corrected chi connectivity index (χ4v) is 3.21. The molecule has 1 aliphatic heterocycles. The van der Waals surface area contributed by atoms with Gasteiger partial charge in [0.25, 0.3) is 5.56 Å². The number of nitrogens with zero attached hydrogens (tertiary/aromatic N) is 3. The Balaban J connectivity index is 1.72. The van der Waals surface area contributed by atoms with Crippen molar-refractivity contribution in [2.45, 2.75) is 17.6 Å². The molecule has 0 aromatic carbocycles. The van der Waals surface area contributed by atoms with Gasteiger partial charge in [0, 0.05) is 30.6 Å². The van der Waals surface area contributed by atoms with Gasteiger partial charge in [-0.2, -0.15) is 0 Å². The first kappa shape index (κ1) is 12.9. The van der Waals surface area contributed by atoms with Crippen LogP contribution < -0.4 is 10.9 Å². The van der Waals surface area contributed by atoms with Crippen molar-refractivity contribution in [3.8, 4) is 0 Å². The van der Waals surface area contributed by atoms with Gasteiger partial charge in [-0.25, -0.2) is 9.97 Å². The van der Waals surface area contributed by atoms with Crippen molar-refractivity contribution < 1.29 is 4.79 Å². The van der Waals surface area contributed by atoms with Crippen molar-refractivity contribution in [3.05, 3.63) is 47.0 Å². The summed E-state index contributed by atoms with van der Waals surface area (Å²) in [6.45, 7) is 0. The number of nitrogens with one attached hydrogen (secondary N) is 1. The van der Waals surface area contributed by atoms with Gasteiger partial charge < -0.3 is 5.32 Å². The zero-order valence-electron chi connectivity index (χ0n) is 10.5. The molecule has 102 valence electrons. The van der Waals surface area contributed by atoms with E-state index in [4.69, 9.17) is 0 Å². The molecule has 1 aliphatic rings. The molecule has 0 spiro atoms. The maximum Gasteiger partial charge on any atom is 0.254 e. The molecule has 2 aromatic rings. The number of amides is 1. The van der Waals surface area contributed by atoms with E-state index in [2.05, 4.69) is 15.3 Å². The predicted octanol–water partition coefficient (Wildman–Crippen LogP) is 1.31. The van der Waals surface area contributed by atoms with Crippen LogP contribution >= 0.6 is 11.8 Å². The summed E-state index contributed by atoms with van der Waals surface area (Å²) >= 11 is 1.49. The maximum atomic E-state index is 12.0. The van der Waals surface area contributed by atoms with Gasteiger partial charge in [0.15, 0.2) is 5.16 Å². The molecule has 7 heteroatoms. The van der Waals surface area contributed by atoms with Gasteiger partial charge in [0.2, 0.25) is 5.91 Å². The highest BCUT2D eigenvalue weighted by Crippen LogP contribution is 2.31. The molecular weight excluding hydrogens is 276 g/mol. The molecule has 1 amide bonds.